The van der Waals surface area contributed by atoms with Gasteiger partial charge < -0.3 is 9.88 Å². The van der Waals surface area contributed by atoms with Crippen LogP contribution in [0, 0.1) is 0 Å². The third kappa shape index (κ3) is 4.31. The van der Waals surface area contributed by atoms with Crippen LogP contribution < -0.4 is 0 Å². The summed E-state index contributed by atoms with van der Waals surface area (Å²) in [5, 5.41) is 7.67. The fourth-order valence-electron chi connectivity index (χ4n) is 4.56. The number of amides is 1. The van der Waals surface area contributed by atoms with E-state index >= 15 is 0 Å². The Kier molecular flexibility index (Phi) is 5.82. The zero-order valence-corrected chi connectivity index (χ0v) is 17.1. The molecule has 0 aromatic carbocycles. The highest BCUT2D eigenvalue weighted by molar-refractivity contribution is 5.92. The number of hydrogen-bond donors (Lipinski definition) is 2. The fourth-order valence-corrected chi connectivity index (χ4v) is 4.56. The van der Waals surface area contributed by atoms with Crippen molar-refractivity contribution in [3.63, 3.8) is 0 Å². The van der Waals surface area contributed by atoms with Gasteiger partial charge in [0.15, 0.2) is 0 Å². The molecule has 2 fully saturated rings. The lowest BCUT2D eigenvalue weighted by Gasteiger charge is -2.32. The molecule has 0 radical (unpaired) electrons. The second-order valence-corrected chi connectivity index (χ2v) is 8.46. The summed E-state index contributed by atoms with van der Waals surface area (Å²) < 4.78 is 0. The number of hydrogen-bond acceptors (Lipinski definition) is 4. The van der Waals surface area contributed by atoms with E-state index in [-0.39, 0.29) is 5.91 Å². The van der Waals surface area contributed by atoms with Crippen LogP contribution in [-0.2, 0) is 13.1 Å². The van der Waals surface area contributed by atoms with Gasteiger partial charge in [0.1, 0.15) is 5.69 Å². The van der Waals surface area contributed by atoms with Gasteiger partial charge in [0.25, 0.3) is 5.91 Å². The number of carbonyl (C=O) groups is 1. The van der Waals surface area contributed by atoms with Crippen molar-refractivity contribution in [1.82, 2.24) is 29.9 Å². The molecule has 7 heteroatoms. The molecule has 0 bridgehead atoms. The van der Waals surface area contributed by atoms with Crippen molar-refractivity contribution >= 4 is 5.91 Å². The highest BCUT2D eigenvalue weighted by atomic mass is 16.2. The van der Waals surface area contributed by atoms with Crippen LogP contribution in [-0.4, -0.2) is 76.1 Å². The lowest BCUT2D eigenvalue weighted by atomic mass is 9.92. The third-order valence-electron chi connectivity index (χ3n) is 6.03. The summed E-state index contributed by atoms with van der Waals surface area (Å²) in [6, 6.07) is 3.93. The molecule has 152 valence electrons. The molecule has 1 atom stereocenters. The number of nitrogens with one attached hydrogen (secondary N) is 2. The van der Waals surface area contributed by atoms with Gasteiger partial charge in [-0.3, -0.25) is 19.7 Å². The Hall–Kier alpha value is -2.12. The van der Waals surface area contributed by atoms with Crippen LogP contribution in [0.2, 0.25) is 0 Å². The first kappa shape index (κ1) is 19.2. The maximum atomic E-state index is 12.1. The molecular weight excluding hydrogens is 352 g/mol. The summed E-state index contributed by atoms with van der Waals surface area (Å²) in [5.41, 5.74) is 4.46. The van der Waals surface area contributed by atoms with Gasteiger partial charge in [0.2, 0.25) is 0 Å². The molecule has 0 aliphatic carbocycles. The zero-order chi connectivity index (χ0) is 19.5. The topological polar surface area (TPSA) is 71.3 Å². The summed E-state index contributed by atoms with van der Waals surface area (Å²) in [6.07, 6.45) is 7.06. The number of aromatic nitrogens is 3. The highest BCUT2D eigenvalue weighted by Crippen LogP contribution is 2.29. The number of aromatic amines is 2. The Morgan fingerprint density at radius 2 is 1.93 bits per heavy atom. The lowest BCUT2D eigenvalue weighted by Crippen LogP contribution is -2.34. The monoisotopic (exact) mass is 384 g/mol. The first-order chi connectivity index (χ1) is 13.6. The fraction of sp³-hybridized carbons (Fsp3) is 0.619. The maximum absolute atomic E-state index is 12.1. The lowest BCUT2D eigenvalue weighted by molar-refractivity contribution is 0.0822. The van der Waals surface area contributed by atoms with Crippen LogP contribution in [0.1, 0.15) is 59.0 Å². The Morgan fingerprint density at radius 1 is 1.14 bits per heavy atom. The van der Waals surface area contributed by atoms with E-state index in [0.29, 0.717) is 11.6 Å². The van der Waals surface area contributed by atoms with Crippen molar-refractivity contribution in [3.8, 4) is 0 Å². The average molecular weight is 385 g/mol. The predicted molar refractivity (Wildman–Crippen MR) is 109 cm³/mol. The van der Waals surface area contributed by atoms with Crippen molar-refractivity contribution in [3.05, 3.63) is 41.0 Å². The van der Waals surface area contributed by atoms with E-state index in [1.807, 2.05) is 18.3 Å². The minimum atomic E-state index is 0.0202. The van der Waals surface area contributed by atoms with E-state index in [4.69, 9.17) is 0 Å². The van der Waals surface area contributed by atoms with Gasteiger partial charge in [-0.25, -0.2) is 0 Å². The van der Waals surface area contributed by atoms with Gasteiger partial charge in [0.05, 0.1) is 6.20 Å². The minimum absolute atomic E-state index is 0.0202. The number of nitrogens with zero attached hydrogens (tertiary/aromatic N) is 4. The quantitative estimate of drug-likeness (QED) is 0.802. The number of rotatable bonds is 6. The molecule has 28 heavy (non-hydrogen) atoms. The van der Waals surface area contributed by atoms with Gasteiger partial charge in [-0.05, 0) is 57.5 Å². The van der Waals surface area contributed by atoms with Gasteiger partial charge in [-0.15, -0.1) is 0 Å². The molecule has 0 spiro atoms. The molecule has 7 nitrogen and oxygen atoms in total. The largest absolute Gasteiger partial charge is 0.353 e. The normalized spacial score (nSPS) is 21.3. The van der Waals surface area contributed by atoms with Crippen LogP contribution in [0.25, 0.3) is 0 Å². The Bertz CT molecular complexity index is 788. The molecule has 1 amide bonds. The van der Waals surface area contributed by atoms with E-state index in [0.717, 1.165) is 31.9 Å². The summed E-state index contributed by atoms with van der Waals surface area (Å²) >= 11 is 0. The van der Waals surface area contributed by atoms with Crippen molar-refractivity contribution < 1.29 is 4.79 Å². The molecule has 4 rings (SSSR count). The maximum Gasteiger partial charge on any atom is 0.269 e. The van der Waals surface area contributed by atoms with Crippen molar-refractivity contribution in [2.75, 3.05) is 40.3 Å². The molecule has 2 aromatic heterocycles. The Balaban J connectivity index is 1.38. The van der Waals surface area contributed by atoms with E-state index in [1.165, 1.54) is 50.0 Å². The van der Waals surface area contributed by atoms with E-state index < -0.39 is 0 Å². The van der Waals surface area contributed by atoms with Crippen LogP contribution >= 0.6 is 0 Å². The van der Waals surface area contributed by atoms with Crippen molar-refractivity contribution in [2.24, 2.45) is 0 Å². The molecule has 0 saturated carbocycles. The molecule has 2 aromatic rings. The first-order valence-electron chi connectivity index (χ1n) is 10.5. The number of likely N-dealkylation sites (tertiary alicyclic amines) is 2. The van der Waals surface area contributed by atoms with Crippen LogP contribution in [0.4, 0.5) is 0 Å². The number of carbonyl (C=O) groups excluding carboxylic acids is 1. The second kappa shape index (κ2) is 8.49. The first-order valence-corrected chi connectivity index (χ1v) is 10.5. The number of H-pyrrole nitrogens is 2. The molecular formula is C21H32N6O. The second-order valence-electron chi connectivity index (χ2n) is 8.46. The van der Waals surface area contributed by atoms with Crippen LogP contribution in [0.3, 0.4) is 0 Å². The smallest absolute Gasteiger partial charge is 0.269 e. The minimum Gasteiger partial charge on any atom is -0.353 e. The van der Waals surface area contributed by atoms with E-state index in [1.54, 1.807) is 19.0 Å². The Labute approximate surface area is 167 Å². The van der Waals surface area contributed by atoms with E-state index in [2.05, 4.69) is 25.0 Å². The zero-order valence-electron chi connectivity index (χ0n) is 17.1. The standard InChI is InChI=1S/C21H32N6O/c1-25(2)21(28)19-8-7-18(23-19)15-27-11-5-6-16(13-27)20-17(12-22-24-20)14-26-9-3-4-10-26/h7-8,12,16,23H,3-6,9-11,13-15H2,1-2H3,(H,22,24). The SMILES string of the molecule is CN(C)C(=O)c1ccc(CN2CCCC(c3[nH]ncc3CN3CCCC3)C2)[nH]1. The molecule has 2 N–H and O–H groups in total. The predicted octanol–water partition coefficient (Wildman–Crippen LogP) is 2.42. The average Bonchev–Trinajstić information content (AvgIpc) is 3.44. The van der Waals surface area contributed by atoms with Crippen molar-refractivity contribution in [1.29, 1.82) is 0 Å². The summed E-state index contributed by atoms with van der Waals surface area (Å²) in [4.78, 5) is 22.0. The van der Waals surface area contributed by atoms with Gasteiger partial charge in [-0.1, -0.05) is 0 Å². The van der Waals surface area contributed by atoms with E-state index in [9.17, 15) is 4.79 Å². The third-order valence-corrected chi connectivity index (χ3v) is 6.03. The van der Waals surface area contributed by atoms with Gasteiger partial charge >= 0.3 is 0 Å². The Morgan fingerprint density at radius 3 is 2.71 bits per heavy atom. The van der Waals surface area contributed by atoms with Crippen molar-refractivity contribution in [2.45, 2.75) is 44.7 Å². The summed E-state index contributed by atoms with van der Waals surface area (Å²) in [6.45, 7) is 6.43. The van der Waals surface area contributed by atoms with Crippen LogP contribution in [0.5, 0.6) is 0 Å². The number of piperidine rings is 1. The molecule has 2 aliphatic rings. The summed E-state index contributed by atoms with van der Waals surface area (Å²) in [5.74, 6) is 0.526. The van der Waals surface area contributed by atoms with Gasteiger partial charge in [0, 0.05) is 56.6 Å². The van der Waals surface area contributed by atoms with Crippen LogP contribution in [0.15, 0.2) is 18.3 Å². The molecule has 2 saturated heterocycles. The summed E-state index contributed by atoms with van der Waals surface area (Å²) in [7, 11) is 3.56. The molecule has 4 heterocycles. The van der Waals surface area contributed by atoms with Gasteiger partial charge in [-0.2, -0.15) is 5.10 Å². The highest BCUT2D eigenvalue weighted by Gasteiger charge is 2.26. The molecule has 1 unspecified atom stereocenters. The molecule has 2 aliphatic heterocycles.